The number of hydrogen-bond acceptors (Lipinski definition) is 4. The minimum Gasteiger partial charge on any atom is -0.492 e. The van der Waals surface area contributed by atoms with Crippen molar-refractivity contribution in [2.24, 2.45) is 4.99 Å². The molecule has 0 bridgehead atoms. The first-order chi connectivity index (χ1) is 13.7. The Morgan fingerprint density at radius 3 is 2.59 bits per heavy atom. The Kier molecular flexibility index (Phi) is 10.0. The quantitative estimate of drug-likeness (QED) is 0.258. The summed E-state index contributed by atoms with van der Waals surface area (Å²) < 4.78 is 5.74. The van der Waals surface area contributed by atoms with Gasteiger partial charge in [-0.1, -0.05) is 17.7 Å². The van der Waals surface area contributed by atoms with Gasteiger partial charge in [0.05, 0.1) is 6.54 Å². The largest absolute Gasteiger partial charge is 0.492 e. The Labute approximate surface area is 191 Å². The summed E-state index contributed by atoms with van der Waals surface area (Å²) in [5, 5.41) is 6.65. The van der Waals surface area contributed by atoms with Gasteiger partial charge in [-0.3, -0.25) is 4.99 Å². The maximum absolute atomic E-state index is 5.74. The number of anilines is 1. The number of hydrogen-bond donors (Lipinski definition) is 2. The summed E-state index contributed by atoms with van der Waals surface area (Å²) in [5.74, 6) is 2.73. The molecule has 29 heavy (non-hydrogen) atoms. The van der Waals surface area contributed by atoms with Crippen molar-refractivity contribution in [2.45, 2.75) is 32.7 Å². The van der Waals surface area contributed by atoms with Crippen molar-refractivity contribution in [3.05, 3.63) is 53.7 Å². The molecule has 7 heteroatoms. The van der Waals surface area contributed by atoms with E-state index < -0.39 is 0 Å². The van der Waals surface area contributed by atoms with Crippen molar-refractivity contribution in [1.82, 2.24) is 15.6 Å². The van der Waals surface area contributed by atoms with E-state index in [0.717, 1.165) is 30.6 Å². The summed E-state index contributed by atoms with van der Waals surface area (Å²) in [6.07, 6.45) is 5.73. The van der Waals surface area contributed by atoms with Crippen LogP contribution in [0.5, 0.6) is 5.75 Å². The van der Waals surface area contributed by atoms with Crippen molar-refractivity contribution in [3.8, 4) is 5.75 Å². The number of pyridine rings is 1. The SMILES string of the molecule is CN=C(NCCOc1ccc(C)cc1)NCc1ccnc(N2CCCCC2)c1.I. The number of ether oxygens (including phenoxy) is 1. The molecular weight excluding hydrogens is 477 g/mol. The van der Waals surface area contributed by atoms with E-state index in [1.807, 2.05) is 24.4 Å². The van der Waals surface area contributed by atoms with Crippen LogP contribution in [0.15, 0.2) is 47.6 Å². The Bertz CT molecular complexity index is 760. The van der Waals surface area contributed by atoms with E-state index in [1.54, 1.807) is 7.05 Å². The average molecular weight is 509 g/mol. The number of aryl methyl sites for hydroxylation is 1. The first kappa shape index (κ1) is 23.3. The molecule has 1 fully saturated rings. The van der Waals surface area contributed by atoms with Gasteiger partial charge in [-0.05, 0) is 56.0 Å². The van der Waals surface area contributed by atoms with Gasteiger partial charge in [0.1, 0.15) is 18.2 Å². The topological polar surface area (TPSA) is 61.8 Å². The fourth-order valence-electron chi connectivity index (χ4n) is 3.25. The number of nitrogens with zero attached hydrogens (tertiary/aromatic N) is 3. The Balaban J connectivity index is 0.00000300. The molecule has 2 aromatic rings. The highest BCUT2D eigenvalue weighted by molar-refractivity contribution is 14.0. The third kappa shape index (κ3) is 7.72. The number of guanidine groups is 1. The molecule has 0 unspecified atom stereocenters. The molecule has 0 saturated carbocycles. The first-order valence-electron chi connectivity index (χ1n) is 10.1. The Hall–Kier alpha value is -2.03. The third-order valence-corrected chi connectivity index (χ3v) is 4.86. The number of nitrogens with one attached hydrogen (secondary N) is 2. The Morgan fingerprint density at radius 1 is 1.10 bits per heavy atom. The van der Waals surface area contributed by atoms with Crippen molar-refractivity contribution < 1.29 is 4.74 Å². The molecule has 3 rings (SSSR count). The minimum atomic E-state index is 0. The van der Waals surface area contributed by atoms with Gasteiger partial charge in [0.25, 0.3) is 0 Å². The van der Waals surface area contributed by atoms with E-state index in [0.29, 0.717) is 19.7 Å². The first-order valence-corrected chi connectivity index (χ1v) is 10.1. The van der Waals surface area contributed by atoms with Crippen LogP contribution >= 0.6 is 24.0 Å². The highest BCUT2D eigenvalue weighted by Gasteiger charge is 2.12. The van der Waals surface area contributed by atoms with Crippen molar-refractivity contribution in [3.63, 3.8) is 0 Å². The summed E-state index contributed by atoms with van der Waals surface area (Å²) in [6.45, 7) is 6.25. The summed E-state index contributed by atoms with van der Waals surface area (Å²) in [6, 6.07) is 12.3. The molecule has 2 N–H and O–H groups in total. The standard InChI is InChI=1S/C22H31N5O.HI/c1-18-6-8-20(9-7-18)28-15-12-25-22(23-2)26-17-19-10-11-24-21(16-19)27-13-4-3-5-14-27;/h6-11,16H,3-5,12-15,17H2,1-2H3,(H2,23,25,26);1H. The lowest BCUT2D eigenvalue weighted by Gasteiger charge is -2.28. The molecule has 0 spiro atoms. The zero-order valence-corrected chi connectivity index (χ0v) is 19.7. The lowest BCUT2D eigenvalue weighted by molar-refractivity contribution is 0.322. The van der Waals surface area contributed by atoms with Crippen LogP contribution in [0, 0.1) is 6.92 Å². The molecule has 0 amide bonds. The summed E-state index contributed by atoms with van der Waals surface area (Å²) >= 11 is 0. The van der Waals surface area contributed by atoms with Crippen LogP contribution in [0.25, 0.3) is 0 Å². The van der Waals surface area contributed by atoms with Gasteiger partial charge in [-0.2, -0.15) is 0 Å². The molecular formula is C22H32IN5O. The van der Waals surface area contributed by atoms with Crippen LogP contribution in [-0.2, 0) is 6.54 Å². The third-order valence-electron chi connectivity index (χ3n) is 4.86. The van der Waals surface area contributed by atoms with E-state index in [9.17, 15) is 0 Å². The average Bonchev–Trinajstić information content (AvgIpc) is 2.75. The van der Waals surface area contributed by atoms with E-state index in [1.165, 1.54) is 30.4 Å². The molecule has 1 aliphatic rings. The van der Waals surface area contributed by atoms with Gasteiger partial charge in [-0.15, -0.1) is 24.0 Å². The molecule has 0 atom stereocenters. The fraction of sp³-hybridized carbons (Fsp3) is 0.455. The lowest BCUT2D eigenvalue weighted by Crippen LogP contribution is -2.39. The van der Waals surface area contributed by atoms with E-state index in [4.69, 9.17) is 4.74 Å². The number of halogens is 1. The van der Waals surface area contributed by atoms with Crippen LogP contribution in [0.3, 0.4) is 0 Å². The fourth-order valence-corrected chi connectivity index (χ4v) is 3.25. The van der Waals surface area contributed by atoms with Gasteiger partial charge < -0.3 is 20.3 Å². The van der Waals surface area contributed by atoms with Crippen LogP contribution in [0.4, 0.5) is 5.82 Å². The number of rotatable bonds is 7. The molecule has 2 heterocycles. The van der Waals surface area contributed by atoms with Crippen LogP contribution in [0.1, 0.15) is 30.4 Å². The van der Waals surface area contributed by atoms with Gasteiger partial charge >= 0.3 is 0 Å². The van der Waals surface area contributed by atoms with Gasteiger partial charge in [0.15, 0.2) is 5.96 Å². The van der Waals surface area contributed by atoms with Crippen LogP contribution < -0.4 is 20.3 Å². The second kappa shape index (κ2) is 12.5. The zero-order chi connectivity index (χ0) is 19.6. The zero-order valence-electron chi connectivity index (χ0n) is 17.4. The van der Waals surface area contributed by atoms with E-state index >= 15 is 0 Å². The second-order valence-corrected chi connectivity index (χ2v) is 7.08. The summed E-state index contributed by atoms with van der Waals surface area (Å²) in [4.78, 5) is 11.2. The van der Waals surface area contributed by atoms with Crippen LogP contribution in [-0.4, -0.2) is 44.2 Å². The monoisotopic (exact) mass is 509 g/mol. The molecule has 1 aliphatic heterocycles. The van der Waals surface area contributed by atoms with E-state index in [-0.39, 0.29) is 24.0 Å². The van der Waals surface area contributed by atoms with Gasteiger partial charge in [0, 0.05) is 32.9 Å². The summed E-state index contributed by atoms with van der Waals surface area (Å²) in [5.41, 5.74) is 2.43. The predicted octanol–water partition coefficient (Wildman–Crippen LogP) is 3.74. The molecule has 0 radical (unpaired) electrons. The van der Waals surface area contributed by atoms with E-state index in [2.05, 4.69) is 50.6 Å². The number of piperidine rings is 1. The smallest absolute Gasteiger partial charge is 0.191 e. The Morgan fingerprint density at radius 2 is 1.86 bits per heavy atom. The highest BCUT2D eigenvalue weighted by atomic mass is 127. The number of aromatic nitrogens is 1. The predicted molar refractivity (Wildman–Crippen MR) is 131 cm³/mol. The molecule has 6 nitrogen and oxygen atoms in total. The van der Waals surface area contributed by atoms with Gasteiger partial charge in [-0.25, -0.2) is 4.98 Å². The normalized spacial score (nSPS) is 14.1. The lowest BCUT2D eigenvalue weighted by atomic mass is 10.1. The number of benzene rings is 1. The number of aliphatic imine (C=N–C) groups is 1. The van der Waals surface area contributed by atoms with Crippen molar-refractivity contribution in [1.29, 1.82) is 0 Å². The maximum atomic E-state index is 5.74. The molecule has 158 valence electrons. The maximum Gasteiger partial charge on any atom is 0.191 e. The molecule has 1 saturated heterocycles. The van der Waals surface area contributed by atoms with Crippen molar-refractivity contribution >= 4 is 35.8 Å². The van der Waals surface area contributed by atoms with Crippen LogP contribution in [0.2, 0.25) is 0 Å². The molecule has 0 aliphatic carbocycles. The molecule has 1 aromatic heterocycles. The molecule has 1 aromatic carbocycles. The summed E-state index contributed by atoms with van der Waals surface area (Å²) in [7, 11) is 1.78. The van der Waals surface area contributed by atoms with Gasteiger partial charge in [0.2, 0.25) is 0 Å². The minimum absolute atomic E-state index is 0. The second-order valence-electron chi connectivity index (χ2n) is 7.08. The highest BCUT2D eigenvalue weighted by Crippen LogP contribution is 2.18. The van der Waals surface area contributed by atoms with Crippen molar-refractivity contribution in [2.75, 3.05) is 38.2 Å².